The molecule has 0 spiro atoms. The molecule has 0 aromatic carbocycles. The highest BCUT2D eigenvalue weighted by atomic mass is 19.4. The van der Waals surface area contributed by atoms with E-state index in [1.165, 1.54) is 0 Å². The largest absolute Gasteiger partial charge is 0.465 e. The van der Waals surface area contributed by atoms with Crippen molar-refractivity contribution in [3.8, 4) is 0 Å². The van der Waals surface area contributed by atoms with Crippen LogP contribution in [0.15, 0.2) is 4.79 Å². The summed E-state index contributed by atoms with van der Waals surface area (Å²) in [5, 5.41) is 0. The van der Waals surface area contributed by atoms with Gasteiger partial charge in [-0.05, 0) is 6.92 Å². The molecule has 9 heteroatoms. The summed E-state index contributed by atoms with van der Waals surface area (Å²) in [6.07, 6.45) is -4.98. The summed E-state index contributed by atoms with van der Waals surface area (Å²) in [7, 11) is 1.77. The number of esters is 2. The summed E-state index contributed by atoms with van der Waals surface area (Å²) in [5.41, 5.74) is -5.29. The first kappa shape index (κ1) is 15.7. The molecule has 1 heterocycles. The third-order valence-electron chi connectivity index (χ3n) is 2.45. The van der Waals surface area contributed by atoms with Crippen LogP contribution in [0.1, 0.15) is 32.1 Å². The summed E-state index contributed by atoms with van der Waals surface area (Å²) in [5.74, 6) is -2.65. The smallest absolute Gasteiger partial charge is 0.432 e. The van der Waals surface area contributed by atoms with Gasteiger partial charge < -0.3 is 14.5 Å². The number of hydrogen-bond donors (Lipinski definition) is 1. The molecule has 0 fully saturated rings. The number of aromatic amines is 1. The molecule has 110 valence electrons. The van der Waals surface area contributed by atoms with E-state index in [1.54, 1.807) is 0 Å². The molecule has 0 saturated heterocycles. The van der Waals surface area contributed by atoms with Crippen molar-refractivity contribution >= 4 is 11.9 Å². The zero-order valence-corrected chi connectivity index (χ0v) is 10.7. The van der Waals surface area contributed by atoms with E-state index in [-0.39, 0.29) is 5.69 Å². The van der Waals surface area contributed by atoms with Crippen LogP contribution in [0.2, 0.25) is 0 Å². The van der Waals surface area contributed by atoms with Gasteiger partial charge in [-0.15, -0.1) is 0 Å². The average Bonchev–Trinajstić information content (AvgIpc) is 2.35. The van der Waals surface area contributed by atoms with E-state index < -0.39 is 40.4 Å². The Hall–Kier alpha value is -2.32. The van der Waals surface area contributed by atoms with Crippen LogP contribution >= 0.6 is 0 Å². The molecule has 0 atom stereocenters. The highest BCUT2D eigenvalue weighted by Gasteiger charge is 2.40. The molecule has 20 heavy (non-hydrogen) atoms. The zero-order chi connectivity index (χ0) is 15.7. The topological polar surface area (TPSA) is 85.5 Å². The molecular formula is C11H10F3NO5. The number of aromatic nitrogens is 1. The number of aryl methyl sites for hydroxylation is 1. The van der Waals surface area contributed by atoms with Crippen molar-refractivity contribution in [1.82, 2.24) is 4.98 Å². The Kier molecular flexibility index (Phi) is 4.21. The highest BCUT2D eigenvalue weighted by Crippen LogP contribution is 2.30. The molecule has 0 aliphatic carbocycles. The van der Waals surface area contributed by atoms with Crippen molar-refractivity contribution in [1.29, 1.82) is 0 Å². The molecule has 0 aliphatic heterocycles. The Morgan fingerprint density at radius 3 is 1.90 bits per heavy atom. The Morgan fingerprint density at radius 1 is 1.05 bits per heavy atom. The molecule has 6 nitrogen and oxygen atoms in total. The number of rotatable bonds is 2. The van der Waals surface area contributed by atoms with Crippen LogP contribution in [-0.4, -0.2) is 31.1 Å². The van der Waals surface area contributed by atoms with Crippen LogP contribution < -0.4 is 5.43 Å². The van der Waals surface area contributed by atoms with Crippen LogP contribution in [0.3, 0.4) is 0 Å². The third kappa shape index (κ3) is 2.65. The number of methoxy groups -OCH3 is 2. The van der Waals surface area contributed by atoms with E-state index in [0.717, 1.165) is 21.1 Å². The summed E-state index contributed by atoms with van der Waals surface area (Å²) in [4.78, 5) is 36.6. The van der Waals surface area contributed by atoms with Gasteiger partial charge >= 0.3 is 18.1 Å². The summed E-state index contributed by atoms with van der Waals surface area (Å²) in [6.45, 7) is 1.09. The van der Waals surface area contributed by atoms with Crippen molar-refractivity contribution in [2.24, 2.45) is 0 Å². The van der Waals surface area contributed by atoms with Gasteiger partial charge in [-0.25, -0.2) is 9.59 Å². The van der Waals surface area contributed by atoms with E-state index in [2.05, 4.69) is 9.47 Å². The molecular weight excluding hydrogens is 283 g/mol. The molecule has 1 aromatic rings. The molecule has 1 aromatic heterocycles. The predicted molar refractivity (Wildman–Crippen MR) is 59.5 cm³/mol. The lowest BCUT2D eigenvalue weighted by Crippen LogP contribution is -2.31. The minimum absolute atomic E-state index is 0.359. The first-order valence-electron chi connectivity index (χ1n) is 5.15. The highest BCUT2D eigenvalue weighted by molar-refractivity contribution is 5.96. The van der Waals surface area contributed by atoms with Gasteiger partial charge in [0.15, 0.2) is 0 Å². The van der Waals surface area contributed by atoms with Crippen LogP contribution in [0.4, 0.5) is 13.2 Å². The lowest BCUT2D eigenvalue weighted by molar-refractivity contribution is -0.141. The van der Waals surface area contributed by atoms with Crippen LogP contribution in [-0.2, 0) is 15.7 Å². The van der Waals surface area contributed by atoms with E-state index >= 15 is 0 Å². The summed E-state index contributed by atoms with van der Waals surface area (Å²) in [6, 6.07) is 0. The lowest BCUT2D eigenvalue weighted by Gasteiger charge is -2.14. The van der Waals surface area contributed by atoms with Crippen molar-refractivity contribution in [2.45, 2.75) is 13.1 Å². The first-order chi connectivity index (χ1) is 9.15. The number of carbonyl (C=O) groups excluding carboxylic acids is 2. The Bertz CT molecular complexity index is 618. The number of pyridine rings is 1. The van der Waals surface area contributed by atoms with Crippen molar-refractivity contribution < 1.29 is 32.2 Å². The van der Waals surface area contributed by atoms with Crippen molar-refractivity contribution in [3.63, 3.8) is 0 Å². The normalized spacial score (nSPS) is 11.1. The summed E-state index contributed by atoms with van der Waals surface area (Å²) < 4.78 is 46.9. The van der Waals surface area contributed by atoms with Crippen LogP contribution in [0, 0.1) is 6.92 Å². The van der Waals surface area contributed by atoms with E-state index in [4.69, 9.17) is 0 Å². The number of ether oxygens (including phenoxy) is 2. The zero-order valence-electron chi connectivity index (χ0n) is 10.7. The van der Waals surface area contributed by atoms with Gasteiger partial charge in [0, 0.05) is 5.69 Å². The van der Waals surface area contributed by atoms with Crippen molar-refractivity contribution in [3.05, 3.63) is 32.7 Å². The van der Waals surface area contributed by atoms with Gasteiger partial charge in [0.2, 0.25) is 5.43 Å². The number of halogens is 3. The maximum absolute atomic E-state index is 12.8. The second kappa shape index (κ2) is 5.35. The molecule has 0 unspecified atom stereocenters. The first-order valence-corrected chi connectivity index (χ1v) is 5.15. The second-order valence-corrected chi connectivity index (χ2v) is 3.69. The lowest BCUT2D eigenvalue weighted by atomic mass is 10.1. The van der Waals surface area contributed by atoms with Gasteiger partial charge in [0.1, 0.15) is 16.8 Å². The minimum atomic E-state index is -4.98. The number of alkyl halides is 3. The average molecular weight is 293 g/mol. The number of H-pyrrole nitrogens is 1. The van der Waals surface area contributed by atoms with E-state index in [9.17, 15) is 27.6 Å². The number of nitrogens with one attached hydrogen (secondary N) is 1. The quantitative estimate of drug-likeness (QED) is 0.830. The number of carbonyl (C=O) groups is 2. The molecule has 0 amide bonds. The van der Waals surface area contributed by atoms with Crippen molar-refractivity contribution in [2.75, 3.05) is 14.2 Å². The van der Waals surface area contributed by atoms with Gasteiger partial charge in [-0.2, -0.15) is 13.2 Å². The van der Waals surface area contributed by atoms with Gasteiger partial charge in [-0.1, -0.05) is 0 Å². The Morgan fingerprint density at radius 2 is 1.50 bits per heavy atom. The Labute approximate surface area is 110 Å². The van der Waals surface area contributed by atoms with Crippen LogP contribution in [0.5, 0.6) is 0 Å². The Balaban J connectivity index is 3.80. The molecule has 0 radical (unpaired) electrons. The van der Waals surface area contributed by atoms with Gasteiger partial charge in [0.25, 0.3) is 0 Å². The van der Waals surface area contributed by atoms with E-state index in [0.29, 0.717) is 0 Å². The van der Waals surface area contributed by atoms with E-state index in [1.807, 2.05) is 4.98 Å². The molecule has 1 N–H and O–H groups in total. The fourth-order valence-corrected chi connectivity index (χ4v) is 1.58. The molecule has 0 saturated carbocycles. The predicted octanol–water partition coefficient (Wildman–Crippen LogP) is 1.28. The summed E-state index contributed by atoms with van der Waals surface area (Å²) >= 11 is 0. The fraction of sp³-hybridized carbons (Fsp3) is 0.364. The maximum atomic E-state index is 12.8. The van der Waals surface area contributed by atoms with Gasteiger partial charge in [-0.3, -0.25) is 4.79 Å². The minimum Gasteiger partial charge on any atom is -0.465 e. The van der Waals surface area contributed by atoms with Gasteiger partial charge in [0.05, 0.1) is 14.2 Å². The second-order valence-electron chi connectivity index (χ2n) is 3.69. The standard InChI is InChI=1S/C11H10F3NO5/c1-4-5(9(17)19-2)7(16)6(10(18)20-3)8(15-4)11(12,13)14/h1-3H3,(H,15,16). The van der Waals surface area contributed by atoms with Crippen LogP contribution in [0.25, 0.3) is 0 Å². The number of hydrogen-bond acceptors (Lipinski definition) is 5. The SMILES string of the molecule is COC(=O)c1c(C)[nH]c(C(F)(F)F)c(C(=O)OC)c1=O. The molecule has 0 bridgehead atoms. The monoisotopic (exact) mass is 293 g/mol. The molecule has 0 aliphatic rings. The molecule has 1 rings (SSSR count). The fourth-order valence-electron chi connectivity index (χ4n) is 1.58. The maximum Gasteiger partial charge on any atom is 0.432 e. The third-order valence-corrected chi connectivity index (χ3v) is 2.45.